The normalized spacial score (nSPS) is 12.6. The number of nitrogens with zero attached hydrogens (tertiary/aromatic N) is 2. The second-order valence-electron chi connectivity index (χ2n) is 18.2. The molecule has 6 aromatic carbocycles. The molecule has 0 fully saturated rings. The lowest BCUT2D eigenvalue weighted by Crippen LogP contribution is -2.55. The number of fused-ring (bicyclic) bond motifs is 6. The average Bonchev–Trinajstić information content (AvgIpc) is 3.65. The Morgan fingerprint density at radius 2 is 0.981 bits per heavy atom. The molecule has 0 aliphatic rings. The van der Waals surface area contributed by atoms with Crippen molar-refractivity contribution in [3.05, 3.63) is 114 Å². The minimum Gasteiger partial charge on any atom is -0.309 e. The van der Waals surface area contributed by atoms with Crippen LogP contribution in [0.25, 0.3) is 66.1 Å². The van der Waals surface area contributed by atoms with Crippen molar-refractivity contribution in [2.24, 2.45) is 0 Å². The number of hydrogen-bond acceptors (Lipinski definition) is 0. The molecule has 264 valence electrons. The van der Waals surface area contributed by atoms with E-state index in [4.69, 9.17) is 0 Å². The summed E-state index contributed by atoms with van der Waals surface area (Å²) in [4.78, 5) is 0. The van der Waals surface area contributed by atoms with Crippen LogP contribution in [-0.2, 0) is 10.8 Å². The zero-order valence-corrected chi connectivity index (χ0v) is 34.7. The van der Waals surface area contributed by atoms with Crippen molar-refractivity contribution in [2.45, 2.75) is 72.1 Å². The number of rotatable bonds is 4. The molecule has 0 saturated carbocycles. The second kappa shape index (κ2) is 12.7. The predicted octanol–water partition coefficient (Wildman–Crippen LogP) is 4.56. The van der Waals surface area contributed by atoms with Crippen molar-refractivity contribution in [3.8, 4) is 22.5 Å². The molecule has 54 heavy (non-hydrogen) atoms. The van der Waals surface area contributed by atoms with Gasteiger partial charge in [-0.15, -0.1) is 16.4 Å². The summed E-state index contributed by atoms with van der Waals surface area (Å²) in [6.45, 7) is 18.7. The molecule has 0 bridgehead atoms. The van der Waals surface area contributed by atoms with Crippen molar-refractivity contribution in [3.63, 3.8) is 0 Å². The maximum Gasteiger partial charge on any atom is 0.139 e. The van der Waals surface area contributed by atoms with Crippen molar-refractivity contribution >= 4 is 110 Å². The Morgan fingerprint density at radius 1 is 0.481 bits per heavy atom. The van der Waals surface area contributed by atoms with Gasteiger partial charge in [0.05, 0.1) is 27.8 Å². The maximum atomic E-state index is 2.57. The highest BCUT2D eigenvalue weighted by molar-refractivity contribution is 6.69. The lowest BCUT2D eigenvalue weighted by Gasteiger charge is -2.22. The first kappa shape index (κ1) is 36.2. The van der Waals surface area contributed by atoms with Crippen LogP contribution in [0, 0.1) is 0 Å². The van der Waals surface area contributed by atoms with Gasteiger partial charge in [-0.1, -0.05) is 109 Å². The molecule has 0 atom stereocenters. The highest BCUT2D eigenvalue weighted by Gasteiger charge is 2.27. The van der Waals surface area contributed by atoms with Gasteiger partial charge in [0.15, 0.2) is 0 Å². The summed E-state index contributed by atoms with van der Waals surface area (Å²) in [5, 5.41) is 5.32. The van der Waals surface area contributed by atoms with Gasteiger partial charge >= 0.3 is 0 Å². The molecular weight excluding hydrogens is 647 g/mol. The summed E-state index contributed by atoms with van der Waals surface area (Å²) < 4.78 is 5.07. The first-order valence-electron chi connectivity index (χ1n) is 19.8. The Balaban J connectivity index is 1.58. The summed E-state index contributed by atoms with van der Waals surface area (Å²) in [6, 6.07) is 37.1. The van der Waals surface area contributed by atoms with Gasteiger partial charge in [-0.05, 0) is 99.2 Å². The Kier molecular flexibility index (Phi) is 8.49. The highest BCUT2D eigenvalue weighted by atomic mass is 15.0. The zero-order chi connectivity index (χ0) is 38.6. The van der Waals surface area contributed by atoms with Crippen LogP contribution in [0.1, 0.15) is 78.0 Å². The second-order valence-corrected chi connectivity index (χ2v) is 18.2. The fourth-order valence-electron chi connectivity index (χ4n) is 9.13. The van der Waals surface area contributed by atoms with E-state index in [0.29, 0.717) is 0 Å². The van der Waals surface area contributed by atoms with Gasteiger partial charge in [0.2, 0.25) is 0 Å². The predicted molar refractivity (Wildman–Crippen MR) is 253 cm³/mol. The Morgan fingerprint density at radius 3 is 1.50 bits per heavy atom. The third kappa shape index (κ3) is 5.44. The van der Waals surface area contributed by atoms with Gasteiger partial charge in [0.1, 0.15) is 39.2 Å². The first-order chi connectivity index (χ1) is 25.5. The van der Waals surface area contributed by atoms with Crippen molar-refractivity contribution in [1.82, 2.24) is 9.13 Å². The molecule has 8 rings (SSSR count). The number of para-hydroxylation sites is 1. The van der Waals surface area contributed by atoms with Gasteiger partial charge in [0.25, 0.3) is 0 Å². The van der Waals surface area contributed by atoms with E-state index in [9.17, 15) is 0 Å². The van der Waals surface area contributed by atoms with Crippen LogP contribution in [0.15, 0.2) is 97.1 Å². The SMILES string of the molecule is Bc1c(B)c(B)c(-c2cccc3c2c2c(C(C)C)c(-n4c5ccc(C(C)(C)C)cc5c5cc(C(C)(C)C)ccc54)ccc2n3-c2ccccc2)c(B)c1B. The summed E-state index contributed by atoms with van der Waals surface area (Å²) in [5.74, 6) is 0.255. The first-order valence-corrected chi connectivity index (χ1v) is 19.8. The molecule has 8 aromatic rings. The molecule has 0 unspecified atom stereocenters. The fourth-order valence-corrected chi connectivity index (χ4v) is 9.13. The fraction of sp³-hybridized carbons (Fsp3) is 0.234. The smallest absolute Gasteiger partial charge is 0.139 e. The quantitative estimate of drug-likeness (QED) is 0.239. The van der Waals surface area contributed by atoms with Gasteiger partial charge in [-0.3, -0.25) is 0 Å². The molecule has 2 heterocycles. The minimum atomic E-state index is 0.0465. The Labute approximate surface area is 326 Å². The van der Waals surface area contributed by atoms with E-state index in [-0.39, 0.29) is 16.7 Å². The van der Waals surface area contributed by atoms with E-state index in [1.165, 1.54) is 110 Å². The van der Waals surface area contributed by atoms with Crippen molar-refractivity contribution < 1.29 is 0 Å². The molecule has 0 aliphatic heterocycles. The van der Waals surface area contributed by atoms with E-state index < -0.39 is 0 Å². The van der Waals surface area contributed by atoms with E-state index in [0.717, 1.165) is 0 Å². The van der Waals surface area contributed by atoms with Gasteiger partial charge in [0, 0.05) is 27.2 Å². The largest absolute Gasteiger partial charge is 0.309 e. The molecule has 0 N–H and O–H groups in total. The van der Waals surface area contributed by atoms with E-state index >= 15 is 0 Å². The maximum absolute atomic E-state index is 2.57. The summed E-state index contributed by atoms with van der Waals surface area (Å²) >= 11 is 0. The molecule has 0 radical (unpaired) electrons. The topological polar surface area (TPSA) is 9.86 Å². The number of aromatic nitrogens is 2. The lowest BCUT2D eigenvalue weighted by molar-refractivity contribution is 0.590. The summed E-state index contributed by atoms with van der Waals surface area (Å²) in [6.07, 6.45) is 0. The molecular formula is C47H51B5N2. The standard InChI is InChI=1S/C47H51B5N2/c1-25(2)37-35(54-32-19-17-26(46(3,4)5)23-30(32)31-24-27(47(6,7)8)18-20-33(31)54)21-22-36-40(37)38-29(39-41(48)43(50)45(52)44(51)42(39)49)15-12-16-34(38)53(36)28-13-10-9-11-14-28/h9-25H,48-52H2,1-8H3. The van der Waals surface area contributed by atoms with Gasteiger partial charge < -0.3 is 9.13 Å². The minimum absolute atomic E-state index is 0.0465. The van der Waals surface area contributed by atoms with Crippen LogP contribution in [-0.4, -0.2) is 48.4 Å². The van der Waals surface area contributed by atoms with E-state index in [1.54, 1.807) is 0 Å². The van der Waals surface area contributed by atoms with Crippen LogP contribution < -0.4 is 27.3 Å². The van der Waals surface area contributed by atoms with Crippen LogP contribution >= 0.6 is 0 Å². The van der Waals surface area contributed by atoms with Gasteiger partial charge in [-0.25, -0.2) is 0 Å². The molecule has 0 amide bonds. The molecule has 0 spiro atoms. The molecule has 0 saturated heterocycles. The average molecular weight is 698 g/mol. The number of hydrogen-bond donors (Lipinski definition) is 0. The zero-order valence-electron chi connectivity index (χ0n) is 34.7. The van der Waals surface area contributed by atoms with Crippen LogP contribution in [0.3, 0.4) is 0 Å². The van der Waals surface area contributed by atoms with Gasteiger partial charge in [-0.2, -0.15) is 0 Å². The van der Waals surface area contributed by atoms with Crippen molar-refractivity contribution in [2.75, 3.05) is 0 Å². The summed E-state index contributed by atoms with van der Waals surface area (Å²) in [7, 11) is 11.5. The van der Waals surface area contributed by atoms with Crippen LogP contribution in [0.2, 0.25) is 0 Å². The van der Waals surface area contributed by atoms with E-state index in [2.05, 4.69) is 201 Å². The highest BCUT2D eigenvalue weighted by Crippen LogP contribution is 2.45. The third-order valence-corrected chi connectivity index (χ3v) is 12.6. The molecule has 2 aromatic heterocycles. The lowest BCUT2D eigenvalue weighted by atomic mass is 9.59. The third-order valence-electron chi connectivity index (χ3n) is 12.6. The Bertz CT molecular complexity index is 2710. The Hall–Kier alpha value is -4.76. The molecule has 0 aliphatic carbocycles. The van der Waals surface area contributed by atoms with E-state index in [1.807, 2.05) is 0 Å². The van der Waals surface area contributed by atoms with Crippen LogP contribution in [0.5, 0.6) is 0 Å². The number of benzene rings is 6. The molecule has 2 nitrogen and oxygen atoms in total. The monoisotopic (exact) mass is 698 g/mol. The van der Waals surface area contributed by atoms with Crippen molar-refractivity contribution in [1.29, 1.82) is 0 Å². The van der Waals surface area contributed by atoms with Crippen LogP contribution in [0.4, 0.5) is 0 Å². The summed E-state index contributed by atoms with van der Waals surface area (Å²) in [5.41, 5.74) is 21.3. The molecule has 7 heteroatoms.